The second-order valence-corrected chi connectivity index (χ2v) is 14.3. The minimum Gasteiger partial charge on any atom is -0.0380 e. The van der Waals surface area contributed by atoms with Gasteiger partial charge in [-0.25, -0.2) is 0 Å². The van der Waals surface area contributed by atoms with Crippen molar-refractivity contribution in [3.8, 4) is 0 Å². The number of hydrogen-bond acceptors (Lipinski definition) is 5. The van der Waals surface area contributed by atoms with Gasteiger partial charge in [0.05, 0.1) is 9.35 Å². The largest absolute Gasteiger partial charge is 0.0797 e. The Morgan fingerprint density at radius 3 is 1.14 bits per heavy atom. The minimum atomic E-state index is -0.736. The second-order valence-electron chi connectivity index (χ2n) is 0.529. The fourth-order valence-electron chi connectivity index (χ4n) is 0.0544. The van der Waals surface area contributed by atoms with Crippen LogP contribution in [-0.4, -0.2) is 0 Å². The topological polar surface area (TPSA) is 0 Å². The first-order valence-electron chi connectivity index (χ1n) is 1.10. The van der Waals surface area contributed by atoms with E-state index in [0.717, 1.165) is 0 Å². The van der Waals surface area contributed by atoms with Crippen LogP contribution in [-0.2, 0) is 47.2 Å². The van der Waals surface area contributed by atoms with Crippen LogP contribution in [0, 0.1) is 0 Å². The molecule has 0 aromatic heterocycles. The molecule has 7 heavy (non-hydrogen) atoms. The number of rotatable bonds is 2. The van der Waals surface area contributed by atoms with Gasteiger partial charge in [0, 0.05) is 0 Å². The van der Waals surface area contributed by atoms with Crippen LogP contribution in [0.15, 0.2) is 0 Å². The maximum atomic E-state index is 4.68. The smallest absolute Gasteiger partial charge is 0.0380 e. The van der Waals surface area contributed by atoms with Crippen LogP contribution in [0.4, 0.5) is 0 Å². The molecule has 0 fully saturated rings. The molecule has 0 saturated carbocycles. The van der Waals surface area contributed by atoms with Crippen molar-refractivity contribution < 1.29 is 0 Å². The normalized spacial score (nSPS) is 8.00. The van der Waals surface area contributed by atoms with Gasteiger partial charge in [-0.3, -0.25) is 0 Å². The average molecular weight is 222 g/mol. The monoisotopic (exact) mass is 222 g/mol. The summed E-state index contributed by atoms with van der Waals surface area (Å²) in [7, 11) is 0. The first-order valence-corrected chi connectivity index (χ1v) is 9.86. The summed E-state index contributed by atoms with van der Waals surface area (Å²) in [6.07, 6.45) is 0. The molecule has 0 N–H and O–H groups in total. The maximum absolute atomic E-state index is 4.68. The van der Waals surface area contributed by atoms with Crippen LogP contribution >= 0.6 is 20.3 Å². The lowest BCUT2D eigenvalue weighted by atomic mass is 29.7. The average Bonchev–Trinajstić information content (AvgIpc) is 1.27. The molecule has 40 valence electrons. The van der Waals surface area contributed by atoms with Crippen molar-refractivity contribution >= 4 is 67.6 Å². The van der Waals surface area contributed by atoms with Crippen LogP contribution < -0.4 is 0 Å². The van der Waals surface area contributed by atoms with Crippen LogP contribution in [0.1, 0.15) is 0 Å². The predicted octanol–water partition coefficient (Wildman–Crippen LogP) is 2.36. The highest BCUT2D eigenvalue weighted by molar-refractivity contribution is 8.98. The summed E-state index contributed by atoms with van der Waals surface area (Å²) in [5.41, 5.74) is 0. The Kier molecular flexibility index (Phi) is 5.91. The zero-order chi connectivity index (χ0) is 5.86. The molecule has 0 atom stereocenters. The summed E-state index contributed by atoms with van der Waals surface area (Å²) in [5, 5.41) is 0. The Labute approximate surface area is 67.1 Å². The van der Waals surface area contributed by atoms with E-state index in [4.69, 9.17) is 0 Å². The summed E-state index contributed by atoms with van der Waals surface area (Å²) < 4.78 is -1.47. The van der Waals surface area contributed by atoms with E-state index >= 15 is 0 Å². The van der Waals surface area contributed by atoms with Gasteiger partial charge in [-0.1, -0.05) is 0 Å². The van der Waals surface area contributed by atoms with E-state index in [2.05, 4.69) is 47.2 Å². The standard InChI is InChI=1S/P2S5/c3-1(4)7-2(5)6. The molecule has 0 rings (SSSR count). The van der Waals surface area contributed by atoms with Crippen LogP contribution in [0.3, 0.4) is 0 Å². The van der Waals surface area contributed by atoms with E-state index in [1.807, 2.05) is 0 Å². The Bertz CT molecular complexity index is 135. The fraction of sp³-hybridized carbons (Fsp3) is 0. The third-order valence-corrected chi connectivity index (χ3v) is 10.8. The van der Waals surface area contributed by atoms with Gasteiger partial charge in [0.1, 0.15) is 0 Å². The van der Waals surface area contributed by atoms with Crippen molar-refractivity contribution in [1.82, 2.24) is 0 Å². The van der Waals surface area contributed by atoms with E-state index in [1.165, 1.54) is 11.0 Å². The molecule has 0 aliphatic heterocycles. The molecule has 7 heteroatoms. The third kappa shape index (κ3) is 7.83. The Morgan fingerprint density at radius 2 is 1.14 bits per heavy atom. The van der Waals surface area contributed by atoms with Crippen molar-refractivity contribution in [3.63, 3.8) is 0 Å². The predicted molar refractivity (Wildman–Crippen MR) is 50.9 cm³/mol. The van der Waals surface area contributed by atoms with Gasteiger partial charge in [0.2, 0.25) is 0 Å². The van der Waals surface area contributed by atoms with Crippen LogP contribution in [0.25, 0.3) is 0 Å². The van der Waals surface area contributed by atoms with E-state index < -0.39 is 9.35 Å². The lowest BCUT2D eigenvalue weighted by Crippen LogP contribution is -1.14. The maximum Gasteiger partial charge on any atom is 0.0797 e. The highest BCUT2D eigenvalue weighted by Gasteiger charge is 1.77. The van der Waals surface area contributed by atoms with Gasteiger partial charge < -0.3 is 0 Å². The first kappa shape index (κ1) is 8.83. The molecule has 0 aliphatic rings. The first-order chi connectivity index (χ1) is 3.13. The molecule has 0 aromatic carbocycles. The molecule has 0 spiro atoms. The highest BCUT2D eigenvalue weighted by Crippen LogP contribution is 2.41. The van der Waals surface area contributed by atoms with Gasteiger partial charge in [-0.05, 0) is 58.2 Å². The Hall–Kier alpha value is 1.83. The van der Waals surface area contributed by atoms with Gasteiger partial charge in [-0.2, -0.15) is 0 Å². The molecule has 0 nitrogen and oxygen atoms in total. The Morgan fingerprint density at radius 1 is 0.857 bits per heavy atom. The van der Waals surface area contributed by atoms with Crippen molar-refractivity contribution in [2.45, 2.75) is 0 Å². The van der Waals surface area contributed by atoms with Crippen LogP contribution in [0.5, 0.6) is 0 Å². The summed E-state index contributed by atoms with van der Waals surface area (Å²) >= 11 is 20.1. The van der Waals surface area contributed by atoms with Crippen molar-refractivity contribution in [2.75, 3.05) is 0 Å². The van der Waals surface area contributed by atoms with Crippen molar-refractivity contribution in [2.24, 2.45) is 0 Å². The van der Waals surface area contributed by atoms with Crippen LogP contribution in [0.2, 0.25) is 0 Å². The van der Waals surface area contributed by atoms with E-state index in [1.54, 1.807) is 0 Å². The molecule has 0 aromatic rings. The highest BCUT2D eigenvalue weighted by atomic mass is 33.3. The SMILES string of the molecule is S=P(=S)SP(=S)=S. The Balaban J connectivity index is 3.77. The third-order valence-electron chi connectivity index (χ3n) is 0.133. The second kappa shape index (κ2) is 4.68. The molecular weight excluding hydrogens is 222 g/mol. The van der Waals surface area contributed by atoms with E-state index in [-0.39, 0.29) is 0 Å². The molecular formula is P2S5. The molecule has 0 heterocycles. The molecule has 0 radical (unpaired) electrons. The molecule has 0 aliphatic carbocycles. The molecule has 0 bridgehead atoms. The summed E-state index contributed by atoms with van der Waals surface area (Å²) in [4.78, 5) is 0. The van der Waals surface area contributed by atoms with Gasteiger partial charge in [0.25, 0.3) is 0 Å². The lowest BCUT2D eigenvalue weighted by molar-refractivity contribution is 5.46. The van der Waals surface area contributed by atoms with E-state index in [9.17, 15) is 0 Å². The van der Waals surface area contributed by atoms with Gasteiger partial charge in [0.15, 0.2) is 0 Å². The zero-order valence-corrected chi connectivity index (χ0v) is 8.81. The zero-order valence-electron chi connectivity index (χ0n) is 2.94. The lowest BCUT2D eigenvalue weighted by Gasteiger charge is -1.70. The number of hydrogen-bond donors (Lipinski definition) is 0. The molecule has 0 unspecified atom stereocenters. The quantitative estimate of drug-likeness (QED) is 0.656. The van der Waals surface area contributed by atoms with Crippen molar-refractivity contribution in [1.29, 1.82) is 0 Å². The summed E-state index contributed by atoms with van der Waals surface area (Å²) in [6, 6.07) is 0. The molecule has 0 saturated heterocycles. The van der Waals surface area contributed by atoms with Crippen molar-refractivity contribution in [3.05, 3.63) is 0 Å². The fourth-order valence-corrected chi connectivity index (χ4v) is 13.2. The van der Waals surface area contributed by atoms with E-state index in [0.29, 0.717) is 0 Å². The summed E-state index contributed by atoms with van der Waals surface area (Å²) in [5.74, 6) is 0. The van der Waals surface area contributed by atoms with Gasteiger partial charge >= 0.3 is 0 Å². The molecule has 0 amide bonds. The van der Waals surface area contributed by atoms with Gasteiger partial charge in [-0.15, -0.1) is 0 Å². The minimum absolute atomic E-state index is 0.736. The summed E-state index contributed by atoms with van der Waals surface area (Å²) in [6.45, 7) is 0.